The number of rotatable bonds is 3. The van der Waals surface area contributed by atoms with E-state index in [0.29, 0.717) is 31.6 Å². The molecule has 1 amide bonds. The van der Waals surface area contributed by atoms with Crippen LogP contribution in [0.3, 0.4) is 0 Å². The van der Waals surface area contributed by atoms with E-state index in [2.05, 4.69) is 9.97 Å². The van der Waals surface area contributed by atoms with E-state index < -0.39 is 10.0 Å². The number of hydrogen-bond acceptors (Lipinski definition) is 4. The highest BCUT2D eigenvalue weighted by molar-refractivity contribution is 7.89. The summed E-state index contributed by atoms with van der Waals surface area (Å²) in [7, 11) is -3.59. The first-order valence-electron chi connectivity index (χ1n) is 7.83. The maximum atomic E-state index is 12.6. The van der Waals surface area contributed by atoms with Gasteiger partial charge in [-0.3, -0.25) is 4.79 Å². The van der Waals surface area contributed by atoms with Crippen LogP contribution in [0.15, 0.2) is 41.8 Å². The molecule has 0 spiro atoms. The summed E-state index contributed by atoms with van der Waals surface area (Å²) in [6.07, 6.45) is 3.25. The van der Waals surface area contributed by atoms with Gasteiger partial charge in [-0.2, -0.15) is 4.31 Å². The molecule has 1 N–H and O–H groups in total. The van der Waals surface area contributed by atoms with E-state index in [-0.39, 0.29) is 17.5 Å². The van der Waals surface area contributed by atoms with Crippen LogP contribution in [0.25, 0.3) is 0 Å². The molecule has 24 heavy (non-hydrogen) atoms. The average Bonchev–Trinajstić information content (AvgIpc) is 2.99. The molecule has 1 aromatic carbocycles. The second kappa shape index (κ2) is 6.74. The lowest BCUT2D eigenvalue weighted by Gasteiger charge is -2.21. The number of aryl methyl sites for hydroxylation is 1. The van der Waals surface area contributed by atoms with Crippen molar-refractivity contribution in [1.82, 2.24) is 19.2 Å². The number of nitrogens with one attached hydrogen (secondary N) is 1. The topological polar surface area (TPSA) is 86.4 Å². The van der Waals surface area contributed by atoms with Gasteiger partial charge in [0, 0.05) is 31.7 Å². The standard InChI is InChI=1S/C16H20N4O3S/c1-13-4-2-5-14(10-13)16(21)19-6-3-7-20(9-8-19)24(22,23)15-11-17-12-18-15/h2,4-5,10-12H,3,6-9H2,1H3,(H,17,18). The van der Waals surface area contributed by atoms with Crippen molar-refractivity contribution in [1.29, 1.82) is 0 Å². The summed E-state index contributed by atoms with van der Waals surface area (Å²) < 4.78 is 26.5. The first-order chi connectivity index (χ1) is 11.5. The predicted octanol–water partition coefficient (Wildman–Crippen LogP) is 1.25. The second-order valence-corrected chi connectivity index (χ2v) is 7.74. The minimum Gasteiger partial charge on any atom is -0.337 e. The maximum absolute atomic E-state index is 12.6. The fourth-order valence-electron chi connectivity index (χ4n) is 2.82. The largest absolute Gasteiger partial charge is 0.337 e. The molecule has 2 heterocycles. The number of nitrogens with zero attached hydrogens (tertiary/aromatic N) is 3. The first-order valence-corrected chi connectivity index (χ1v) is 9.27. The van der Waals surface area contributed by atoms with E-state index in [1.54, 1.807) is 11.0 Å². The van der Waals surface area contributed by atoms with Crippen LogP contribution in [0.2, 0.25) is 0 Å². The second-order valence-electron chi connectivity index (χ2n) is 5.84. The fraction of sp³-hybridized carbons (Fsp3) is 0.375. The summed E-state index contributed by atoms with van der Waals surface area (Å²) >= 11 is 0. The van der Waals surface area contributed by atoms with Gasteiger partial charge in [-0.1, -0.05) is 17.7 Å². The number of imidazole rings is 1. The molecule has 1 fully saturated rings. The van der Waals surface area contributed by atoms with Crippen LogP contribution in [-0.4, -0.2) is 59.7 Å². The molecule has 0 atom stereocenters. The van der Waals surface area contributed by atoms with Gasteiger partial charge in [-0.05, 0) is 25.5 Å². The lowest BCUT2D eigenvalue weighted by Crippen LogP contribution is -2.37. The monoisotopic (exact) mass is 348 g/mol. The van der Waals surface area contributed by atoms with Crippen molar-refractivity contribution < 1.29 is 13.2 Å². The van der Waals surface area contributed by atoms with Crippen LogP contribution < -0.4 is 0 Å². The third-order valence-corrected chi connectivity index (χ3v) is 5.92. The SMILES string of the molecule is Cc1cccc(C(=O)N2CCCN(S(=O)(=O)c3cnc[nH]3)CC2)c1. The van der Waals surface area contributed by atoms with E-state index in [4.69, 9.17) is 0 Å². The summed E-state index contributed by atoms with van der Waals surface area (Å²) in [6, 6.07) is 7.44. The zero-order chi connectivity index (χ0) is 17.2. The normalized spacial score (nSPS) is 16.8. The Morgan fingerprint density at radius 2 is 2.04 bits per heavy atom. The molecule has 8 heteroatoms. The number of sulfonamides is 1. The van der Waals surface area contributed by atoms with Crippen LogP contribution in [-0.2, 0) is 10.0 Å². The molecule has 7 nitrogen and oxygen atoms in total. The summed E-state index contributed by atoms with van der Waals surface area (Å²) in [5, 5.41) is 0.0842. The zero-order valence-electron chi connectivity index (χ0n) is 13.5. The van der Waals surface area contributed by atoms with Crippen LogP contribution in [0.1, 0.15) is 22.3 Å². The number of aromatic nitrogens is 2. The first kappa shape index (κ1) is 16.7. The van der Waals surface area contributed by atoms with Gasteiger partial charge in [0.1, 0.15) is 0 Å². The summed E-state index contributed by atoms with van der Waals surface area (Å²) in [5.74, 6) is -0.0560. The summed E-state index contributed by atoms with van der Waals surface area (Å²) in [6.45, 7) is 3.53. The Labute approximate surface area is 141 Å². The van der Waals surface area contributed by atoms with Gasteiger partial charge >= 0.3 is 0 Å². The molecule has 1 aliphatic heterocycles. The predicted molar refractivity (Wildman–Crippen MR) is 89.0 cm³/mol. The van der Waals surface area contributed by atoms with E-state index in [1.165, 1.54) is 16.8 Å². The molecule has 0 saturated carbocycles. The van der Waals surface area contributed by atoms with Gasteiger partial charge < -0.3 is 9.88 Å². The van der Waals surface area contributed by atoms with E-state index in [1.807, 2.05) is 25.1 Å². The van der Waals surface area contributed by atoms with E-state index in [0.717, 1.165) is 5.56 Å². The van der Waals surface area contributed by atoms with E-state index >= 15 is 0 Å². The number of hydrogen-bond donors (Lipinski definition) is 1. The van der Waals surface area contributed by atoms with Crippen LogP contribution in [0, 0.1) is 6.92 Å². The smallest absolute Gasteiger partial charge is 0.260 e. The molecule has 0 unspecified atom stereocenters. The minimum atomic E-state index is -3.59. The van der Waals surface area contributed by atoms with Crippen molar-refractivity contribution in [3.05, 3.63) is 47.9 Å². The van der Waals surface area contributed by atoms with Crippen molar-refractivity contribution in [2.75, 3.05) is 26.2 Å². The number of carbonyl (C=O) groups excluding carboxylic acids is 1. The van der Waals surface area contributed by atoms with Crippen LogP contribution in [0.5, 0.6) is 0 Å². The Bertz CT molecular complexity index is 818. The Hall–Kier alpha value is -2.19. The number of carbonyl (C=O) groups is 1. The molecule has 0 bridgehead atoms. The van der Waals surface area contributed by atoms with Crippen molar-refractivity contribution in [3.8, 4) is 0 Å². The number of H-pyrrole nitrogens is 1. The quantitative estimate of drug-likeness (QED) is 0.905. The maximum Gasteiger partial charge on any atom is 0.260 e. The zero-order valence-corrected chi connectivity index (χ0v) is 14.3. The number of amides is 1. The molecular formula is C16H20N4O3S. The Morgan fingerprint density at radius 1 is 1.21 bits per heavy atom. The Kier molecular flexibility index (Phi) is 4.68. The molecule has 2 aromatic rings. The number of aromatic amines is 1. The molecule has 1 saturated heterocycles. The van der Waals surface area contributed by atoms with Crippen molar-refractivity contribution in [3.63, 3.8) is 0 Å². The average molecular weight is 348 g/mol. The van der Waals surface area contributed by atoms with Crippen molar-refractivity contribution in [2.45, 2.75) is 18.4 Å². The summed E-state index contributed by atoms with van der Waals surface area (Å²) in [5.41, 5.74) is 1.67. The lowest BCUT2D eigenvalue weighted by molar-refractivity contribution is 0.0764. The van der Waals surface area contributed by atoms with E-state index in [9.17, 15) is 13.2 Å². The molecule has 3 rings (SSSR count). The lowest BCUT2D eigenvalue weighted by atomic mass is 10.1. The minimum absolute atomic E-state index is 0.0560. The molecule has 1 aromatic heterocycles. The van der Waals surface area contributed by atoms with Crippen molar-refractivity contribution >= 4 is 15.9 Å². The third kappa shape index (κ3) is 3.34. The summed E-state index contributed by atoms with van der Waals surface area (Å²) in [4.78, 5) is 20.8. The highest BCUT2D eigenvalue weighted by atomic mass is 32.2. The van der Waals surface area contributed by atoms with Crippen LogP contribution >= 0.6 is 0 Å². The van der Waals surface area contributed by atoms with Gasteiger partial charge in [-0.25, -0.2) is 13.4 Å². The molecular weight excluding hydrogens is 328 g/mol. The molecule has 128 valence electrons. The third-order valence-electron chi connectivity index (χ3n) is 4.10. The van der Waals surface area contributed by atoms with Crippen LogP contribution in [0.4, 0.5) is 0 Å². The van der Waals surface area contributed by atoms with Gasteiger partial charge in [0.05, 0.1) is 12.5 Å². The highest BCUT2D eigenvalue weighted by Crippen LogP contribution is 2.16. The molecule has 0 radical (unpaired) electrons. The number of benzene rings is 1. The van der Waals surface area contributed by atoms with Gasteiger partial charge in [0.2, 0.25) is 0 Å². The van der Waals surface area contributed by atoms with Gasteiger partial charge in [0.15, 0.2) is 5.03 Å². The fourth-order valence-corrected chi connectivity index (χ4v) is 4.19. The molecule has 0 aliphatic carbocycles. The molecule has 1 aliphatic rings. The Balaban J connectivity index is 1.73. The van der Waals surface area contributed by atoms with Gasteiger partial charge in [0.25, 0.3) is 15.9 Å². The Morgan fingerprint density at radius 3 is 2.75 bits per heavy atom. The van der Waals surface area contributed by atoms with Gasteiger partial charge in [-0.15, -0.1) is 0 Å². The highest BCUT2D eigenvalue weighted by Gasteiger charge is 2.29. The van der Waals surface area contributed by atoms with Crippen molar-refractivity contribution in [2.24, 2.45) is 0 Å².